The molecule has 1 unspecified atom stereocenters. The summed E-state index contributed by atoms with van der Waals surface area (Å²) in [5, 5.41) is 6.33. The van der Waals surface area contributed by atoms with Crippen molar-refractivity contribution in [2.75, 3.05) is 30.1 Å². The van der Waals surface area contributed by atoms with Crippen molar-refractivity contribution in [2.45, 2.75) is 25.4 Å². The van der Waals surface area contributed by atoms with E-state index in [-0.39, 0.29) is 47.9 Å². The predicted molar refractivity (Wildman–Crippen MR) is 80.8 cm³/mol. The maximum absolute atomic E-state index is 11.7. The lowest BCUT2D eigenvalue weighted by Crippen LogP contribution is -2.54. The van der Waals surface area contributed by atoms with Crippen LogP contribution in [0.5, 0.6) is 0 Å². The number of methoxy groups -OCH3 is 1. The second-order valence-corrected chi connectivity index (χ2v) is 4.67. The number of hydrogen-bond acceptors (Lipinski definition) is 6. The van der Waals surface area contributed by atoms with Gasteiger partial charge in [-0.25, -0.2) is 0 Å². The smallest absolute Gasteiger partial charge is 0.277 e. The van der Waals surface area contributed by atoms with E-state index < -0.39 is 0 Å². The third-order valence-electron chi connectivity index (χ3n) is 2.90. The van der Waals surface area contributed by atoms with Gasteiger partial charge in [-0.3, -0.25) is 9.78 Å². The van der Waals surface area contributed by atoms with Crippen LogP contribution in [0.15, 0.2) is 4.79 Å². The molecule has 5 N–H and O–H groups in total. The first-order valence-corrected chi connectivity index (χ1v) is 5.37. The molecule has 0 spiro atoms. The second-order valence-electron chi connectivity index (χ2n) is 4.67. The Labute approximate surface area is 123 Å². The largest absolute Gasteiger partial charge is 0.382 e. The molecule has 1 aliphatic heterocycles. The minimum Gasteiger partial charge on any atom is -0.382 e. The Morgan fingerprint density at radius 1 is 1.42 bits per heavy atom. The van der Waals surface area contributed by atoms with Crippen LogP contribution >= 0.6 is 24.8 Å². The maximum atomic E-state index is 11.7. The molecule has 0 radical (unpaired) electrons. The Morgan fingerprint density at radius 3 is 2.63 bits per heavy atom. The molecule has 0 saturated carbocycles. The topological polar surface area (TPSA) is 105 Å². The molecule has 0 fully saturated rings. The summed E-state index contributed by atoms with van der Waals surface area (Å²) in [6.07, 6.45) is 0. The molecule has 110 valence electrons. The number of rotatable bonds is 2. The molecule has 0 saturated heterocycles. The van der Waals surface area contributed by atoms with Crippen molar-refractivity contribution in [1.29, 1.82) is 0 Å². The molecule has 0 aliphatic carbocycles. The minimum atomic E-state index is -0.282. The number of nitrogen functional groups attached to an aromatic ring is 1. The third-order valence-corrected chi connectivity index (χ3v) is 2.90. The normalized spacial score (nSPS) is 19.0. The van der Waals surface area contributed by atoms with E-state index >= 15 is 0 Å². The van der Waals surface area contributed by atoms with Gasteiger partial charge in [-0.05, 0) is 13.8 Å². The number of nitrogens with one attached hydrogen (secondary N) is 3. The van der Waals surface area contributed by atoms with E-state index in [0.29, 0.717) is 18.1 Å². The first-order chi connectivity index (χ1) is 7.94. The van der Waals surface area contributed by atoms with Crippen LogP contribution in [0.1, 0.15) is 13.8 Å². The van der Waals surface area contributed by atoms with Crippen LogP contribution in [0.4, 0.5) is 17.5 Å². The number of aromatic amines is 1. The standard InChI is InChI=1S/C10H17N5O2.2ClH/c1-10(2)5(4-17-3)12-6-7(15-10)13-9(11)14-8(6)16;;/h5,12H,4H2,1-3H3,(H4,11,13,14,15,16);2*1H. The Morgan fingerprint density at radius 2 is 2.05 bits per heavy atom. The Kier molecular flexibility index (Phi) is 5.92. The highest BCUT2D eigenvalue weighted by molar-refractivity contribution is 5.85. The van der Waals surface area contributed by atoms with Gasteiger partial charge in [0.2, 0.25) is 5.95 Å². The van der Waals surface area contributed by atoms with Crippen molar-refractivity contribution in [2.24, 2.45) is 0 Å². The Balaban J connectivity index is 0.00000162. The van der Waals surface area contributed by atoms with Crippen LogP contribution in [0.3, 0.4) is 0 Å². The highest BCUT2D eigenvalue weighted by Crippen LogP contribution is 2.29. The molecule has 2 heterocycles. The predicted octanol–water partition coefficient (Wildman–Crippen LogP) is 0.827. The molecular formula is C10H19Cl2N5O2. The van der Waals surface area contributed by atoms with Crippen LogP contribution in [-0.2, 0) is 4.74 Å². The van der Waals surface area contributed by atoms with E-state index in [0.717, 1.165) is 0 Å². The van der Waals surface area contributed by atoms with Gasteiger partial charge < -0.3 is 21.1 Å². The number of aromatic nitrogens is 2. The number of H-pyrrole nitrogens is 1. The number of anilines is 3. The molecule has 0 amide bonds. The highest BCUT2D eigenvalue weighted by Gasteiger charge is 2.36. The van der Waals surface area contributed by atoms with Gasteiger partial charge in [0.15, 0.2) is 5.82 Å². The second kappa shape index (κ2) is 6.31. The van der Waals surface area contributed by atoms with E-state index in [1.807, 2.05) is 13.8 Å². The SMILES string of the molecule is COCC1Nc2c(nc(N)[nH]c2=O)NC1(C)C.Cl.Cl. The molecule has 2 rings (SSSR count). The van der Waals surface area contributed by atoms with E-state index in [2.05, 4.69) is 20.6 Å². The van der Waals surface area contributed by atoms with Gasteiger partial charge in [0.05, 0.1) is 18.2 Å². The molecule has 1 aromatic rings. The van der Waals surface area contributed by atoms with Gasteiger partial charge in [-0.2, -0.15) is 4.98 Å². The van der Waals surface area contributed by atoms with Crippen LogP contribution in [0.25, 0.3) is 0 Å². The molecule has 1 aromatic heterocycles. The van der Waals surface area contributed by atoms with Gasteiger partial charge in [0.1, 0.15) is 5.69 Å². The van der Waals surface area contributed by atoms with E-state index in [9.17, 15) is 4.79 Å². The fourth-order valence-electron chi connectivity index (χ4n) is 1.88. The lowest BCUT2D eigenvalue weighted by Gasteiger charge is -2.40. The summed E-state index contributed by atoms with van der Waals surface area (Å²) < 4.78 is 5.14. The number of nitrogens with zero attached hydrogens (tertiary/aromatic N) is 1. The molecule has 19 heavy (non-hydrogen) atoms. The number of fused-ring (bicyclic) bond motifs is 1. The van der Waals surface area contributed by atoms with Crippen molar-refractivity contribution >= 4 is 42.3 Å². The summed E-state index contributed by atoms with van der Waals surface area (Å²) in [6, 6.07) is -0.0217. The van der Waals surface area contributed by atoms with E-state index in [1.54, 1.807) is 7.11 Å². The fraction of sp³-hybridized carbons (Fsp3) is 0.600. The molecule has 7 nitrogen and oxygen atoms in total. The van der Waals surface area contributed by atoms with Crippen LogP contribution in [0, 0.1) is 0 Å². The van der Waals surface area contributed by atoms with Crippen LogP contribution in [-0.4, -0.2) is 35.3 Å². The lowest BCUT2D eigenvalue weighted by molar-refractivity contribution is 0.165. The summed E-state index contributed by atoms with van der Waals surface area (Å²) in [5.41, 5.74) is 5.35. The van der Waals surface area contributed by atoms with Crippen LogP contribution < -0.4 is 21.9 Å². The van der Waals surface area contributed by atoms with Gasteiger partial charge >= 0.3 is 0 Å². The molecule has 1 atom stereocenters. The van der Waals surface area contributed by atoms with E-state index in [4.69, 9.17) is 10.5 Å². The first kappa shape index (κ1) is 17.8. The zero-order valence-electron chi connectivity index (χ0n) is 10.9. The minimum absolute atomic E-state index is 0. The molecule has 0 bridgehead atoms. The average molecular weight is 312 g/mol. The summed E-state index contributed by atoms with van der Waals surface area (Å²) in [7, 11) is 1.62. The summed E-state index contributed by atoms with van der Waals surface area (Å²) >= 11 is 0. The molecule has 1 aliphatic rings. The quantitative estimate of drug-likeness (QED) is 0.644. The van der Waals surface area contributed by atoms with Crippen molar-refractivity contribution in [3.05, 3.63) is 10.4 Å². The van der Waals surface area contributed by atoms with Crippen LogP contribution in [0.2, 0.25) is 0 Å². The van der Waals surface area contributed by atoms with Crippen molar-refractivity contribution in [3.8, 4) is 0 Å². The fourth-order valence-corrected chi connectivity index (χ4v) is 1.88. The number of nitrogens with two attached hydrogens (primary N) is 1. The lowest BCUT2D eigenvalue weighted by atomic mass is 9.92. The Bertz CT molecular complexity index is 491. The van der Waals surface area contributed by atoms with Crippen molar-refractivity contribution in [1.82, 2.24) is 9.97 Å². The number of halogens is 2. The summed E-state index contributed by atoms with van der Waals surface area (Å²) in [5.74, 6) is 0.577. The summed E-state index contributed by atoms with van der Waals surface area (Å²) in [4.78, 5) is 18.3. The average Bonchev–Trinajstić information content (AvgIpc) is 2.19. The maximum Gasteiger partial charge on any atom is 0.277 e. The summed E-state index contributed by atoms with van der Waals surface area (Å²) in [6.45, 7) is 4.50. The highest BCUT2D eigenvalue weighted by atomic mass is 35.5. The molecular weight excluding hydrogens is 293 g/mol. The third kappa shape index (κ3) is 3.43. The van der Waals surface area contributed by atoms with Gasteiger partial charge in [0.25, 0.3) is 5.56 Å². The van der Waals surface area contributed by atoms with E-state index in [1.165, 1.54) is 0 Å². The van der Waals surface area contributed by atoms with Gasteiger partial charge in [-0.1, -0.05) is 0 Å². The van der Waals surface area contributed by atoms with Crippen molar-refractivity contribution in [3.63, 3.8) is 0 Å². The first-order valence-electron chi connectivity index (χ1n) is 5.37. The number of hydrogen-bond donors (Lipinski definition) is 4. The van der Waals surface area contributed by atoms with Crippen molar-refractivity contribution < 1.29 is 4.74 Å². The number of ether oxygens (including phenoxy) is 1. The molecule has 0 aromatic carbocycles. The monoisotopic (exact) mass is 311 g/mol. The van der Waals surface area contributed by atoms with Gasteiger partial charge in [-0.15, -0.1) is 24.8 Å². The van der Waals surface area contributed by atoms with Gasteiger partial charge in [0, 0.05) is 7.11 Å². The molecule has 9 heteroatoms. The Hall–Kier alpha value is -1.18. The zero-order chi connectivity index (χ0) is 12.6. The zero-order valence-corrected chi connectivity index (χ0v) is 12.6.